The standard InChI is InChI=1S/C25H26FN3O4/c1-14(27-16(3)30)21-11-12-22(17-7-6-8-18(26)13-17)29(21)23(31)15(2)28-24(32)19-9-4-5-10-20(19)25(28)33/h4-10,13-15,21-22H,11-12H2,1-3H3,(H,27,30)/t14-,15+,21+,22-/m0/s1. The third-order valence-corrected chi connectivity index (χ3v) is 6.50. The number of hydrogen-bond donors (Lipinski definition) is 1. The third-order valence-electron chi connectivity index (χ3n) is 6.50. The molecule has 2 aromatic rings. The van der Waals surface area contributed by atoms with Crippen molar-refractivity contribution < 1.29 is 23.6 Å². The molecule has 2 aliphatic rings. The van der Waals surface area contributed by atoms with Crippen molar-refractivity contribution in [1.29, 1.82) is 0 Å². The Kier molecular flexibility index (Phi) is 6.01. The summed E-state index contributed by atoms with van der Waals surface area (Å²) in [4.78, 5) is 54.0. The molecule has 1 N–H and O–H groups in total. The second-order valence-corrected chi connectivity index (χ2v) is 8.65. The number of halogens is 1. The zero-order chi connectivity index (χ0) is 23.9. The molecule has 4 atom stereocenters. The molecule has 4 rings (SSSR count). The van der Waals surface area contributed by atoms with Gasteiger partial charge >= 0.3 is 0 Å². The van der Waals surface area contributed by atoms with Gasteiger partial charge in [-0.25, -0.2) is 4.39 Å². The summed E-state index contributed by atoms with van der Waals surface area (Å²) in [5, 5.41) is 2.84. The van der Waals surface area contributed by atoms with E-state index in [1.54, 1.807) is 41.3 Å². The Labute approximate surface area is 191 Å². The molecule has 0 spiro atoms. The smallest absolute Gasteiger partial charge is 0.262 e. The van der Waals surface area contributed by atoms with Crippen molar-refractivity contribution in [2.24, 2.45) is 0 Å². The zero-order valence-corrected chi connectivity index (χ0v) is 18.7. The van der Waals surface area contributed by atoms with E-state index in [1.807, 2.05) is 6.92 Å². The van der Waals surface area contributed by atoms with E-state index in [0.29, 0.717) is 18.4 Å². The van der Waals surface area contributed by atoms with Crippen molar-refractivity contribution in [3.05, 3.63) is 71.0 Å². The lowest BCUT2D eigenvalue weighted by atomic mass is 10.0. The van der Waals surface area contributed by atoms with Gasteiger partial charge in [-0.3, -0.25) is 24.1 Å². The van der Waals surface area contributed by atoms with Gasteiger partial charge in [0, 0.05) is 13.0 Å². The summed E-state index contributed by atoms with van der Waals surface area (Å²) in [5.41, 5.74) is 1.18. The number of carbonyl (C=O) groups excluding carboxylic acids is 4. The van der Waals surface area contributed by atoms with Gasteiger partial charge in [0.05, 0.1) is 23.2 Å². The maximum absolute atomic E-state index is 14.0. The highest BCUT2D eigenvalue weighted by molar-refractivity contribution is 6.22. The number of fused-ring (bicyclic) bond motifs is 1. The van der Waals surface area contributed by atoms with Crippen LogP contribution in [0, 0.1) is 5.82 Å². The molecule has 4 amide bonds. The molecule has 0 unspecified atom stereocenters. The third kappa shape index (κ3) is 4.01. The minimum Gasteiger partial charge on any atom is -0.352 e. The van der Waals surface area contributed by atoms with Gasteiger partial charge in [0.1, 0.15) is 11.9 Å². The van der Waals surface area contributed by atoms with Crippen molar-refractivity contribution in [2.45, 2.75) is 57.8 Å². The number of amides is 4. The predicted molar refractivity (Wildman–Crippen MR) is 119 cm³/mol. The van der Waals surface area contributed by atoms with E-state index in [9.17, 15) is 23.6 Å². The second-order valence-electron chi connectivity index (χ2n) is 8.65. The van der Waals surface area contributed by atoms with Crippen molar-refractivity contribution in [2.75, 3.05) is 0 Å². The number of rotatable bonds is 5. The molecule has 2 heterocycles. The van der Waals surface area contributed by atoms with Crippen molar-refractivity contribution in [1.82, 2.24) is 15.1 Å². The number of benzene rings is 2. The summed E-state index contributed by atoms with van der Waals surface area (Å²) in [6.45, 7) is 4.75. The maximum Gasteiger partial charge on any atom is 0.262 e. The first kappa shape index (κ1) is 22.6. The summed E-state index contributed by atoms with van der Waals surface area (Å²) in [7, 11) is 0. The summed E-state index contributed by atoms with van der Waals surface area (Å²) in [5.74, 6) is -2.07. The van der Waals surface area contributed by atoms with Crippen LogP contribution in [0.2, 0.25) is 0 Å². The molecule has 1 saturated heterocycles. The summed E-state index contributed by atoms with van der Waals surface area (Å²) in [6, 6.07) is 10.3. The van der Waals surface area contributed by atoms with Crippen LogP contribution in [0.5, 0.6) is 0 Å². The van der Waals surface area contributed by atoms with Gasteiger partial charge in [0.2, 0.25) is 11.8 Å². The van der Waals surface area contributed by atoms with Gasteiger partial charge in [0.25, 0.3) is 11.8 Å². The topological polar surface area (TPSA) is 86.8 Å². The van der Waals surface area contributed by atoms with E-state index < -0.39 is 35.6 Å². The molecule has 33 heavy (non-hydrogen) atoms. The van der Waals surface area contributed by atoms with Crippen LogP contribution >= 0.6 is 0 Å². The molecule has 0 aliphatic carbocycles. The van der Waals surface area contributed by atoms with E-state index in [1.165, 1.54) is 26.0 Å². The highest BCUT2D eigenvalue weighted by Crippen LogP contribution is 2.39. The van der Waals surface area contributed by atoms with Crippen LogP contribution in [0.15, 0.2) is 48.5 Å². The van der Waals surface area contributed by atoms with E-state index in [0.717, 1.165) is 4.90 Å². The van der Waals surface area contributed by atoms with Crippen LogP contribution in [0.25, 0.3) is 0 Å². The first-order valence-electron chi connectivity index (χ1n) is 11.0. The van der Waals surface area contributed by atoms with Gasteiger partial charge in [-0.2, -0.15) is 0 Å². The highest BCUT2D eigenvalue weighted by atomic mass is 19.1. The molecule has 8 heteroatoms. The van der Waals surface area contributed by atoms with E-state index in [2.05, 4.69) is 5.32 Å². The fourth-order valence-corrected chi connectivity index (χ4v) is 4.99. The molecule has 1 fully saturated rings. The van der Waals surface area contributed by atoms with Crippen molar-refractivity contribution in [3.8, 4) is 0 Å². The Bertz CT molecular complexity index is 1100. The highest BCUT2D eigenvalue weighted by Gasteiger charge is 2.47. The number of hydrogen-bond acceptors (Lipinski definition) is 4. The Morgan fingerprint density at radius 2 is 1.64 bits per heavy atom. The lowest BCUT2D eigenvalue weighted by Crippen LogP contribution is -2.55. The molecular formula is C25H26FN3O4. The Balaban J connectivity index is 1.68. The molecule has 2 aromatic carbocycles. The minimum atomic E-state index is -1.06. The average molecular weight is 451 g/mol. The maximum atomic E-state index is 14.0. The monoisotopic (exact) mass is 451 g/mol. The summed E-state index contributed by atoms with van der Waals surface area (Å²) in [6.07, 6.45) is 1.15. The number of nitrogens with one attached hydrogen (secondary N) is 1. The van der Waals surface area contributed by atoms with Crippen molar-refractivity contribution in [3.63, 3.8) is 0 Å². The number of imide groups is 1. The number of nitrogens with zero attached hydrogens (tertiary/aromatic N) is 2. The lowest BCUT2D eigenvalue weighted by Gasteiger charge is -2.37. The first-order chi connectivity index (χ1) is 15.7. The van der Waals surface area contributed by atoms with Gasteiger partial charge < -0.3 is 10.2 Å². The normalized spacial score (nSPS) is 21.7. The van der Waals surface area contributed by atoms with Crippen molar-refractivity contribution >= 4 is 23.6 Å². The molecule has 0 bridgehead atoms. The summed E-state index contributed by atoms with van der Waals surface area (Å²) >= 11 is 0. The van der Waals surface area contributed by atoms with Gasteiger partial charge in [-0.05, 0) is 56.5 Å². The van der Waals surface area contributed by atoms with E-state index >= 15 is 0 Å². The largest absolute Gasteiger partial charge is 0.352 e. The Morgan fingerprint density at radius 1 is 1.00 bits per heavy atom. The van der Waals surface area contributed by atoms with Crippen LogP contribution < -0.4 is 5.32 Å². The van der Waals surface area contributed by atoms with Crippen LogP contribution in [-0.4, -0.2) is 51.6 Å². The summed E-state index contributed by atoms with van der Waals surface area (Å²) < 4.78 is 14.0. The van der Waals surface area contributed by atoms with Crippen LogP contribution in [0.1, 0.15) is 65.9 Å². The molecule has 2 aliphatic heterocycles. The van der Waals surface area contributed by atoms with Crippen LogP contribution in [-0.2, 0) is 9.59 Å². The predicted octanol–water partition coefficient (Wildman–Crippen LogP) is 3.07. The number of likely N-dealkylation sites (tertiary alicyclic amines) is 1. The average Bonchev–Trinajstić information content (AvgIpc) is 3.33. The number of carbonyl (C=O) groups is 4. The Hall–Kier alpha value is -3.55. The molecule has 0 radical (unpaired) electrons. The molecule has 0 aromatic heterocycles. The van der Waals surface area contributed by atoms with E-state index in [-0.39, 0.29) is 29.1 Å². The molecule has 172 valence electrons. The molecule has 7 nitrogen and oxygen atoms in total. The fraction of sp³-hybridized carbons (Fsp3) is 0.360. The second kappa shape index (κ2) is 8.77. The van der Waals surface area contributed by atoms with Crippen LogP contribution in [0.3, 0.4) is 0 Å². The van der Waals surface area contributed by atoms with Crippen LogP contribution in [0.4, 0.5) is 4.39 Å². The molecular weight excluding hydrogens is 425 g/mol. The van der Waals surface area contributed by atoms with E-state index in [4.69, 9.17) is 0 Å². The van der Waals surface area contributed by atoms with Gasteiger partial charge in [-0.1, -0.05) is 24.3 Å². The quantitative estimate of drug-likeness (QED) is 0.708. The SMILES string of the molecule is CC(=O)N[C@@H](C)[C@H]1CC[C@@H](c2cccc(F)c2)N1C(=O)[C@@H](C)N1C(=O)c2ccccc2C1=O. The first-order valence-corrected chi connectivity index (χ1v) is 11.0. The lowest BCUT2D eigenvalue weighted by molar-refractivity contribution is -0.139. The zero-order valence-electron chi connectivity index (χ0n) is 18.7. The molecule has 0 saturated carbocycles. The van der Waals surface area contributed by atoms with Gasteiger partial charge in [-0.15, -0.1) is 0 Å². The fourth-order valence-electron chi connectivity index (χ4n) is 4.99. The Morgan fingerprint density at radius 3 is 2.21 bits per heavy atom. The minimum absolute atomic E-state index is 0.225. The van der Waals surface area contributed by atoms with Gasteiger partial charge in [0.15, 0.2) is 0 Å².